The fourth-order valence-corrected chi connectivity index (χ4v) is 3.89. The Labute approximate surface area is 142 Å². The molecule has 0 bridgehead atoms. The Hall–Kier alpha value is -3.59. The van der Waals surface area contributed by atoms with Crippen molar-refractivity contribution in [3.63, 3.8) is 0 Å². The molecule has 6 nitrogen and oxygen atoms in total. The molecule has 0 spiro atoms. The minimum atomic E-state index is 0.450. The molecule has 2 aromatic carbocycles. The van der Waals surface area contributed by atoms with E-state index in [2.05, 4.69) is 15.5 Å². The van der Waals surface area contributed by atoms with Crippen LogP contribution in [-0.4, -0.2) is 16.5 Å². The van der Waals surface area contributed by atoms with E-state index in [1.807, 2.05) is 41.8 Å². The fourth-order valence-electron chi connectivity index (χ4n) is 3.89. The predicted octanol–water partition coefficient (Wildman–Crippen LogP) is 2.59. The zero-order chi connectivity index (χ0) is 17.3. The molecule has 5 rings (SSSR count). The molecule has 5 aromatic rings. The zero-order valence-electron chi connectivity index (χ0n) is 13.7. The first-order chi connectivity index (χ1) is 12.2. The van der Waals surface area contributed by atoms with Crippen LogP contribution >= 0.6 is 0 Å². The molecule has 0 amide bonds. The summed E-state index contributed by atoms with van der Waals surface area (Å²) in [6.45, 7) is 2.00. The topological polar surface area (TPSA) is 80.4 Å². The van der Waals surface area contributed by atoms with E-state index in [0.717, 1.165) is 44.2 Å². The molecule has 0 radical (unpaired) electrons. The number of aryl methyl sites for hydroxylation is 1. The molecule has 0 aliphatic heterocycles. The Morgan fingerprint density at radius 1 is 1.24 bits per heavy atom. The molecular weight excluding hydrogens is 314 g/mol. The molecule has 3 aromatic heterocycles. The number of fused-ring (bicyclic) bond motifs is 3. The first-order valence-corrected chi connectivity index (χ1v) is 7.88. The Morgan fingerprint density at radius 2 is 2.08 bits per heavy atom. The third-order valence-corrected chi connectivity index (χ3v) is 4.98. The van der Waals surface area contributed by atoms with Gasteiger partial charge in [0, 0.05) is 17.1 Å². The van der Waals surface area contributed by atoms with Gasteiger partial charge < -0.3 is 4.74 Å². The van der Waals surface area contributed by atoms with Gasteiger partial charge in [-0.3, -0.25) is 10.1 Å². The number of benzene rings is 2. The molecule has 25 heavy (non-hydrogen) atoms. The monoisotopic (exact) mass is 328 g/mol. The van der Waals surface area contributed by atoms with Gasteiger partial charge in [0.15, 0.2) is 16.6 Å². The lowest BCUT2D eigenvalue weighted by atomic mass is 10.1. The third kappa shape index (κ3) is 1.48. The zero-order valence-corrected chi connectivity index (χ0v) is 13.7. The Balaban J connectivity index is 2.27. The van der Waals surface area contributed by atoms with Crippen molar-refractivity contribution in [2.75, 3.05) is 12.8 Å². The molecule has 0 unspecified atom stereocenters. The number of hydrogen-bond donors (Lipinski definition) is 1. The van der Waals surface area contributed by atoms with Gasteiger partial charge in [0.05, 0.1) is 24.3 Å². The Bertz CT molecular complexity index is 1360. The van der Waals surface area contributed by atoms with Crippen LogP contribution in [0, 0.1) is 18.3 Å². The largest absolute Gasteiger partial charge is 0.496 e. The predicted molar refractivity (Wildman–Crippen MR) is 95.0 cm³/mol. The van der Waals surface area contributed by atoms with Gasteiger partial charge in [-0.15, -0.1) is 0 Å². The highest BCUT2D eigenvalue weighted by Gasteiger charge is 2.27. The van der Waals surface area contributed by atoms with Crippen LogP contribution in [0.4, 0.5) is 5.82 Å². The van der Waals surface area contributed by atoms with Gasteiger partial charge in [-0.1, -0.05) is 6.07 Å². The van der Waals surface area contributed by atoms with E-state index in [4.69, 9.17) is 10.5 Å². The molecule has 0 aliphatic rings. The summed E-state index contributed by atoms with van der Waals surface area (Å²) in [6, 6.07) is 10.1. The summed E-state index contributed by atoms with van der Waals surface area (Å²) in [5.74, 6) is 1.23. The number of methoxy groups -OCH3 is 1. The van der Waals surface area contributed by atoms with Crippen LogP contribution < -0.4 is 14.9 Å². The second-order valence-corrected chi connectivity index (χ2v) is 6.13. The van der Waals surface area contributed by atoms with Crippen LogP contribution in [0.15, 0.2) is 36.8 Å². The van der Waals surface area contributed by atoms with Crippen LogP contribution in [0.3, 0.4) is 0 Å². The van der Waals surface area contributed by atoms with Crippen molar-refractivity contribution < 1.29 is 9.14 Å². The van der Waals surface area contributed by atoms with Crippen LogP contribution in [-0.2, 0) is 0 Å². The highest BCUT2D eigenvalue weighted by atomic mass is 16.5. The van der Waals surface area contributed by atoms with Crippen LogP contribution in [0.5, 0.6) is 5.75 Å². The van der Waals surface area contributed by atoms with Crippen molar-refractivity contribution in [2.24, 2.45) is 0 Å². The number of nitrogens with zero attached hydrogens (tertiary/aromatic N) is 4. The number of rotatable bonds is 1. The number of anilines is 1. The maximum atomic E-state index is 9.65. The molecular formula is C19H14N5O+. The second-order valence-electron chi connectivity index (χ2n) is 6.13. The van der Waals surface area contributed by atoms with E-state index >= 15 is 0 Å². The van der Waals surface area contributed by atoms with E-state index in [1.165, 1.54) is 0 Å². The lowest BCUT2D eigenvalue weighted by molar-refractivity contribution is -0.460. The van der Waals surface area contributed by atoms with Gasteiger partial charge in [0.1, 0.15) is 17.3 Å². The summed E-state index contributed by atoms with van der Waals surface area (Å²) in [4.78, 5) is 4.37. The van der Waals surface area contributed by atoms with Gasteiger partial charge in [0.25, 0.3) is 5.82 Å². The first kappa shape index (κ1) is 13.8. The summed E-state index contributed by atoms with van der Waals surface area (Å²) in [5, 5.41) is 11.5. The summed E-state index contributed by atoms with van der Waals surface area (Å²) in [5.41, 5.74) is 11.7. The quantitative estimate of drug-likeness (QED) is 0.291. The first-order valence-electron chi connectivity index (χ1n) is 7.88. The van der Waals surface area contributed by atoms with Crippen LogP contribution in [0.25, 0.3) is 32.8 Å². The molecule has 0 atom stereocenters. The van der Waals surface area contributed by atoms with Crippen molar-refractivity contribution in [3.05, 3.63) is 47.9 Å². The minimum absolute atomic E-state index is 0.450. The molecule has 2 N–H and O–H groups in total. The highest BCUT2D eigenvalue weighted by molar-refractivity contribution is 6.07. The van der Waals surface area contributed by atoms with Gasteiger partial charge in [0.2, 0.25) is 0 Å². The number of hydrogen-bond acceptors (Lipinski definition) is 4. The Morgan fingerprint density at radius 3 is 2.84 bits per heavy atom. The van der Waals surface area contributed by atoms with Crippen molar-refractivity contribution >= 4 is 38.7 Å². The van der Waals surface area contributed by atoms with Crippen molar-refractivity contribution in [3.8, 4) is 11.8 Å². The SMILES string of the molecule is COc1ccc2c(c1C)[n+]1c(N)c(C#N)c3ccc4cncn2c4c31. The van der Waals surface area contributed by atoms with Gasteiger partial charge in [-0.05, 0) is 25.1 Å². The van der Waals surface area contributed by atoms with Gasteiger partial charge in [-0.2, -0.15) is 9.66 Å². The second kappa shape index (κ2) is 4.48. The van der Waals surface area contributed by atoms with Gasteiger partial charge in [-0.25, -0.2) is 4.98 Å². The molecule has 0 aliphatic carbocycles. The summed E-state index contributed by atoms with van der Waals surface area (Å²) >= 11 is 0. The van der Waals surface area contributed by atoms with E-state index < -0.39 is 0 Å². The summed E-state index contributed by atoms with van der Waals surface area (Å²) in [6.07, 6.45) is 3.62. The number of nitriles is 1. The highest BCUT2D eigenvalue weighted by Crippen LogP contribution is 2.34. The number of ether oxygens (including phenoxy) is 1. The average Bonchev–Trinajstić information content (AvgIpc) is 2.93. The number of nitrogens with two attached hydrogens (primary N) is 1. The third-order valence-electron chi connectivity index (χ3n) is 4.98. The number of nitrogen functional groups attached to an aromatic ring is 1. The molecule has 0 saturated heterocycles. The van der Waals surface area contributed by atoms with E-state index in [9.17, 15) is 5.26 Å². The van der Waals surface area contributed by atoms with E-state index in [-0.39, 0.29) is 0 Å². The molecule has 120 valence electrons. The molecule has 3 heterocycles. The van der Waals surface area contributed by atoms with E-state index in [0.29, 0.717) is 11.4 Å². The standard InChI is InChI=1S/C19H13N5O/c1-10-15(25-2)6-5-14-16(10)24-18-12(13(7-20)19(24)21)4-3-11-8-22-9-23(14)17(11)18/h3-6,8-9,21H,1-2H3/p+1. The van der Waals surface area contributed by atoms with Crippen LogP contribution in [0.1, 0.15) is 11.1 Å². The van der Waals surface area contributed by atoms with Gasteiger partial charge >= 0.3 is 0 Å². The maximum absolute atomic E-state index is 9.65. The lowest BCUT2D eigenvalue weighted by Gasteiger charge is -2.13. The van der Waals surface area contributed by atoms with Crippen molar-refractivity contribution in [2.45, 2.75) is 6.92 Å². The van der Waals surface area contributed by atoms with Crippen LogP contribution in [0.2, 0.25) is 0 Å². The smallest absolute Gasteiger partial charge is 0.297 e. The minimum Gasteiger partial charge on any atom is -0.496 e. The maximum Gasteiger partial charge on any atom is 0.297 e. The summed E-state index contributed by atoms with van der Waals surface area (Å²) < 4.78 is 9.53. The van der Waals surface area contributed by atoms with Crippen molar-refractivity contribution in [1.82, 2.24) is 9.38 Å². The molecule has 6 heteroatoms. The lowest BCUT2D eigenvalue weighted by Crippen LogP contribution is -2.27. The summed E-state index contributed by atoms with van der Waals surface area (Å²) in [7, 11) is 1.65. The molecule has 0 saturated carbocycles. The fraction of sp³-hybridized carbons (Fsp3) is 0.105. The van der Waals surface area contributed by atoms with Crippen molar-refractivity contribution in [1.29, 1.82) is 5.26 Å². The average molecular weight is 328 g/mol. The van der Waals surface area contributed by atoms with E-state index in [1.54, 1.807) is 13.4 Å². The Kier molecular flexibility index (Phi) is 2.48. The number of aromatic nitrogens is 3. The normalized spacial score (nSPS) is 11.7. The molecule has 0 fully saturated rings.